The molecule has 0 aliphatic rings. The van der Waals surface area contributed by atoms with Crippen LogP contribution in [0.2, 0.25) is 5.02 Å². The molecule has 10 heteroatoms. The van der Waals surface area contributed by atoms with Gasteiger partial charge in [0.05, 0.1) is 11.4 Å². The molecular weight excluding hydrogens is 407 g/mol. The number of aryl methyl sites for hydroxylation is 1. The summed E-state index contributed by atoms with van der Waals surface area (Å²) >= 11 is 5.95. The van der Waals surface area contributed by atoms with Gasteiger partial charge in [0.25, 0.3) is 0 Å². The Bertz CT molecular complexity index is 961. The van der Waals surface area contributed by atoms with Gasteiger partial charge in [-0.15, -0.1) is 0 Å². The molecule has 0 aromatic heterocycles. The first kappa shape index (κ1) is 23.3. The fourth-order valence-corrected chi connectivity index (χ4v) is 2.41. The summed E-state index contributed by atoms with van der Waals surface area (Å²) in [6, 6.07) is 11.4. The summed E-state index contributed by atoms with van der Waals surface area (Å²) < 4.78 is 33.9. The van der Waals surface area contributed by atoms with Gasteiger partial charge < -0.3 is 5.11 Å². The molecule has 0 atom stereocenters. The van der Waals surface area contributed by atoms with Crippen molar-refractivity contribution in [2.45, 2.75) is 13.8 Å². The third kappa shape index (κ3) is 6.75. The Morgan fingerprint density at radius 3 is 2.46 bits per heavy atom. The monoisotopic (exact) mass is 420 g/mol. The van der Waals surface area contributed by atoms with Crippen molar-refractivity contribution in [3.63, 3.8) is 0 Å². The largest absolute Gasteiger partial charge is 1.00 e. The molecule has 0 unspecified atom stereocenters. The zero-order chi connectivity index (χ0) is 18.6. The van der Waals surface area contributed by atoms with E-state index in [1.54, 1.807) is 31.2 Å². The average molecular weight is 421 g/mol. The Balaban J connectivity index is 0.00000338. The minimum absolute atomic E-state index is 0. The van der Waals surface area contributed by atoms with Gasteiger partial charge in [-0.1, -0.05) is 41.0 Å². The minimum atomic E-state index is -4.73. The second-order valence-electron chi connectivity index (χ2n) is 5.07. The van der Waals surface area contributed by atoms with Crippen LogP contribution in [-0.4, -0.2) is 24.6 Å². The van der Waals surface area contributed by atoms with E-state index in [2.05, 4.69) is 14.4 Å². The third-order valence-corrected chi connectivity index (χ3v) is 3.71. The molecule has 1 N–H and O–H groups in total. The second kappa shape index (κ2) is 9.95. The number of nitrogens with zero attached hydrogens (tertiary/aromatic N) is 2. The van der Waals surface area contributed by atoms with E-state index in [1.165, 1.54) is 25.1 Å². The van der Waals surface area contributed by atoms with Crippen LogP contribution in [0.1, 0.15) is 23.6 Å². The predicted molar refractivity (Wildman–Crippen MR) is 93.7 cm³/mol. The molecule has 2 rings (SSSR count). The quantitative estimate of drug-likeness (QED) is 0.233. The Morgan fingerprint density at radius 1 is 1.19 bits per heavy atom. The van der Waals surface area contributed by atoms with Crippen molar-refractivity contribution in [3.05, 3.63) is 64.2 Å². The van der Waals surface area contributed by atoms with E-state index in [9.17, 15) is 13.5 Å². The van der Waals surface area contributed by atoms with Gasteiger partial charge in [-0.05, 0) is 49.1 Å². The molecule has 0 saturated heterocycles. The van der Waals surface area contributed by atoms with Gasteiger partial charge >= 0.3 is 61.8 Å². The van der Waals surface area contributed by atoms with Crippen molar-refractivity contribution < 1.29 is 73.7 Å². The summed E-state index contributed by atoms with van der Waals surface area (Å²) in [6.45, 7) is 3.22. The molecule has 0 aliphatic carbocycles. The van der Waals surface area contributed by atoms with Gasteiger partial charge in [-0.3, -0.25) is 9.55 Å². The number of aliphatic imine (C=N–C) groups is 1. The molecule has 0 aliphatic heterocycles. The Hall–Kier alpha value is -0.784. The summed E-state index contributed by atoms with van der Waals surface area (Å²) in [5.74, 6) is -0.481. The normalized spacial score (nSPS) is 12.5. The number of hydrogen-bond donors (Lipinski definition) is 1. The molecular formula is C16H14ClKN2O5S. The van der Waals surface area contributed by atoms with Crippen LogP contribution >= 0.6 is 11.6 Å². The number of benzene rings is 2. The third-order valence-electron chi connectivity index (χ3n) is 3.22. The van der Waals surface area contributed by atoms with Crippen molar-refractivity contribution in [1.82, 2.24) is 0 Å². The van der Waals surface area contributed by atoms with Crippen LogP contribution < -0.4 is 56.5 Å². The summed E-state index contributed by atoms with van der Waals surface area (Å²) in [5.41, 5.74) is 1.80. The van der Waals surface area contributed by atoms with Crippen molar-refractivity contribution in [2.75, 3.05) is 0 Å². The smallest absolute Gasteiger partial charge is 0.858 e. The topological polar surface area (TPSA) is 111 Å². The summed E-state index contributed by atoms with van der Waals surface area (Å²) in [7, 11) is -4.73. The molecule has 2 aromatic rings. The number of rotatable bonds is 5. The van der Waals surface area contributed by atoms with Crippen LogP contribution in [-0.2, 0) is 14.7 Å². The van der Waals surface area contributed by atoms with Crippen LogP contribution in [0, 0.1) is 6.92 Å². The molecule has 0 fully saturated rings. The number of halogens is 1. The fourth-order valence-electron chi connectivity index (χ4n) is 2.04. The van der Waals surface area contributed by atoms with Crippen molar-refractivity contribution in [2.24, 2.45) is 10.1 Å². The summed E-state index contributed by atoms with van der Waals surface area (Å²) in [6.07, 6.45) is 0. The SMILES string of the molecule is C/C(=N/OS(=O)(=O)O)c1ccc(Cl)cc1N=C([O-])c1ccccc1C.[K+]. The second-order valence-corrected chi connectivity index (χ2v) is 6.51. The van der Waals surface area contributed by atoms with Crippen LogP contribution in [0.4, 0.5) is 5.69 Å². The van der Waals surface area contributed by atoms with Gasteiger partial charge in [-0.2, -0.15) is 8.42 Å². The van der Waals surface area contributed by atoms with Crippen molar-refractivity contribution >= 4 is 39.3 Å². The Kier molecular flexibility index (Phi) is 8.90. The number of oxime groups is 1. The van der Waals surface area contributed by atoms with Gasteiger partial charge in [0.2, 0.25) is 0 Å². The van der Waals surface area contributed by atoms with Gasteiger partial charge in [0.15, 0.2) is 0 Å². The van der Waals surface area contributed by atoms with E-state index >= 15 is 0 Å². The molecule has 7 nitrogen and oxygen atoms in total. The molecule has 0 bridgehead atoms. The van der Waals surface area contributed by atoms with Crippen LogP contribution in [0.25, 0.3) is 0 Å². The van der Waals surface area contributed by atoms with E-state index in [0.717, 1.165) is 5.56 Å². The molecule has 26 heavy (non-hydrogen) atoms. The molecule has 0 amide bonds. The first-order valence-electron chi connectivity index (χ1n) is 6.99. The standard InChI is InChI=1S/C16H15ClN2O5S.K/c1-10-5-3-4-6-13(10)16(20)18-15-9-12(17)7-8-14(15)11(2)19-24-25(21,22)23;/h3-9H,1-2H3,(H,18,20)(H,21,22,23);/q;+1/p-1/b19-11-;. The molecule has 0 heterocycles. The first-order valence-corrected chi connectivity index (χ1v) is 8.74. The Labute approximate surface area is 199 Å². The first-order chi connectivity index (χ1) is 11.7. The maximum Gasteiger partial charge on any atom is 1.00 e. The molecule has 0 spiro atoms. The maximum atomic E-state index is 12.4. The average Bonchev–Trinajstić information content (AvgIpc) is 2.52. The summed E-state index contributed by atoms with van der Waals surface area (Å²) in [5, 5.41) is 16.1. The van der Waals surface area contributed by atoms with E-state index < -0.39 is 16.3 Å². The minimum Gasteiger partial charge on any atom is -0.858 e. The molecule has 0 saturated carbocycles. The zero-order valence-electron chi connectivity index (χ0n) is 14.3. The Morgan fingerprint density at radius 2 is 1.85 bits per heavy atom. The van der Waals surface area contributed by atoms with Gasteiger partial charge in [-0.25, -0.2) is 4.28 Å². The van der Waals surface area contributed by atoms with Crippen molar-refractivity contribution in [3.8, 4) is 0 Å². The van der Waals surface area contributed by atoms with Crippen LogP contribution in [0.3, 0.4) is 0 Å². The van der Waals surface area contributed by atoms with Gasteiger partial charge in [0, 0.05) is 10.6 Å². The fraction of sp³-hybridized carbons (Fsp3) is 0.125. The molecule has 2 aromatic carbocycles. The van der Waals surface area contributed by atoms with E-state index in [0.29, 0.717) is 16.1 Å². The van der Waals surface area contributed by atoms with Crippen LogP contribution in [0.15, 0.2) is 52.6 Å². The summed E-state index contributed by atoms with van der Waals surface area (Å²) in [4.78, 5) is 4.04. The van der Waals surface area contributed by atoms with Crippen LogP contribution in [0.5, 0.6) is 0 Å². The van der Waals surface area contributed by atoms with Gasteiger partial charge in [0.1, 0.15) is 0 Å². The zero-order valence-corrected chi connectivity index (χ0v) is 19.0. The maximum absolute atomic E-state index is 12.4. The van der Waals surface area contributed by atoms with Crippen molar-refractivity contribution in [1.29, 1.82) is 0 Å². The number of hydrogen-bond acceptors (Lipinski definition) is 6. The molecule has 0 radical (unpaired) electrons. The van der Waals surface area contributed by atoms with E-state index in [-0.39, 0.29) is 62.8 Å². The molecule has 132 valence electrons. The van der Waals surface area contributed by atoms with E-state index in [1.807, 2.05) is 0 Å². The van der Waals surface area contributed by atoms with E-state index in [4.69, 9.17) is 16.2 Å². The predicted octanol–water partition coefficient (Wildman–Crippen LogP) is -0.366.